The monoisotopic (exact) mass is 498 g/mol. The molecule has 0 radical (unpaired) electrons. The van der Waals surface area contributed by atoms with Crippen molar-refractivity contribution in [3.63, 3.8) is 0 Å². The molecule has 0 aliphatic carbocycles. The van der Waals surface area contributed by atoms with Gasteiger partial charge in [-0.15, -0.1) is 0 Å². The Hall–Kier alpha value is -3.85. The van der Waals surface area contributed by atoms with E-state index in [0.717, 1.165) is 31.7 Å². The first-order valence-electron chi connectivity index (χ1n) is 11.8. The van der Waals surface area contributed by atoms with Gasteiger partial charge in [-0.1, -0.05) is 42.5 Å². The van der Waals surface area contributed by atoms with E-state index in [2.05, 4.69) is 47.4 Å². The maximum Gasteiger partial charge on any atom is 0.409 e. The summed E-state index contributed by atoms with van der Waals surface area (Å²) in [7, 11) is 1.69. The van der Waals surface area contributed by atoms with E-state index in [9.17, 15) is 14.4 Å². The highest BCUT2D eigenvalue weighted by molar-refractivity contribution is 5.89. The van der Waals surface area contributed by atoms with Gasteiger partial charge in [-0.25, -0.2) is 14.4 Å². The van der Waals surface area contributed by atoms with E-state index in [-0.39, 0.29) is 6.09 Å². The van der Waals surface area contributed by atoms with Crippen molar-refractivity contribution in [2.45, 2.75) is 25.8 Å². The number of nitrogens with zero attached hydrogens (tertiary/aromatic N) is 2. The normalized spacial score (nSPS) is 14.4. The summed E-state index contributed by atoms with van der Waals surface area (Å²) >= 11 is 0. The molecule has 36 heavy (non-hydrogen) atoms. The van der Waals surface area contributed by atoms with Crippen LogP contribution in [0.1, 0.15) is 30.5 Å². The van der Waals surface area contributed by atoms with Crippen LogP contribution in [0.4, 0.5) is 4.79 Å². The summed E-state index contributed by atoms with van der Waals surface area (Å²) in [4.78, 5) is 35.4. The maximum absolute atomic E-state index is 12.0. The molecule has 2 N–H and O–H groups in total. The number of carbonyl (C=O) groups excluding carboxylic acids is 1. The van der Waals surface area contributed by atoms with E-state index in [1.165, 1.54) is 11.1 Å². The molecule has 2 aromatic rings. The van der Waals surface area contributed by atoms with Gasteiger partial charge in [0, 0.05) is 44.4 Å². The third-order valence-corrected chi connectivity index (χ3v) is 5.70. The van der Waals surface area contributed by atoms with Crippen molar-refractivity contribution in [2.24, 2.45) is 0 Å². The van der Waals surface area contributed by atoms with Crippen molar-refractivity contribution in [3.8, 4) is 5.75 Å². The van der Waals surface area contributed by atoms with Gasteiger partial charge in [0.15, 0.2) is 0 Å². The molecule has 9 nitrogen and oxygen atoms in total. The fourth-order valence-electron chi connectivity index (χ4n) is 3.91. The third-order valence-electron chi connectivity index (χ3n) is 5.70. The van der Waals surface area contributed by atoms with Crippen LogP contribution in [0.2, 0.25) is 0 Å². The van der Waals surface area contributed by atoms with Crippen LogP contribution in [0.15, 0.2) is 66.7 Å². The first-order valence-corrected chi connectivity index (χ1v) is 11.8. The average Bonchev–Trinajstić information content (AvgIpc) is 2.89. The molecule has 0 bridgehead atoms. The second-order valence-electron chi connectivity index (χ2n) is 8.04. The van der Waals surface area contributed by atoms with E-state index in [1.807, 2.05) is 24.0 Å². The van der Waals surface area contributed by atoms with Crippen molar-refractivity contribution >= 4 is 18.0 Å². The molecule has 1 fully saturated rings. The van der Waals surface area contributed by atoms with Crippen LogP contribution in [0.3, 0.4) is 0 Å². The van der Waals surface area contributed by atoms with Gasteiger partial charge in [0.2, 0.25) is 0 Å². The molecule has 1 aliphatic rings. The van der Waals surface area contributed by atoms with E-state index in [4.69, 9.17) is 19.7 Å². The fraction of sp³-hybridized carbons (Fsp3) is 0.370. The van der Waals surface area contributed by atoms with Gasteiger partial charge in [-0.2, -0.15) is 0 Å². The van der Waals surface area contributed by atoms with Crippen molar-refractivity contribution in [3.05, 3.63) is 77.9 Å². The number of methoxy groups -OCH3 is 1. The van der Waals surface area contributed by atoms with Crippen LogP contribution in [-0.2, 0) is 20.7 Å². The molecule has 1 amide bonds. The lowest BCUT2D eigenvalue weighted by Crippen LogP contribution is -2.49. The van der Waals surface area contributed by atoms with Gasteiger partial charge in [-0.3, -0.25) is 4.90 Å². The molecule has 0 aromatic heterocycles. The Morgan fingerprint density at radius 1 is 0.917 bits per heavy atom. The second kappa shape index (κ2) is 15.2. The fourth-order valence-corrected chi connectivity index (χ4v) is 3.91. The Balaban J connectivity index is 0.000000493. The first kappa shape index (κ1) is 28.4. The van der Waals surface area contributed by atoms with E-state index >= 15 is 0 Å². The molecule has 1 saturated heterocycles. The summed E-state index contributed by atoms with van der Waals surface area (Å²) in [5.41, 5.74) is 2.65. The minimum Gasteiger partial charge on any atom is -0.497 e. The number of aliphatic carboxylic acids is 2. The molecule has 1 unspecified atom stereocenters. The molecule has 3 rings (SSSR count). The minimum atomic E-state index is -1.26. The molecule has 0 spiro atoms. The lowest BCUT2D eigenvalue weighted by atomic mass is 9.96. The molecule has 2 aromatic carbocycles. The van der Waals surface area contributed by atoms with Crippen LogP contribution < -0.4 is 4.74 Å². The zero-order valence-corrected chi connectivity index (χ0v) is 20.7. The van der Waals surface area contributed by atoms with Crippen molar-refractivity contribution in [2.75, 3.05) is 39.9 Å². The summed E-state index contributed by atoms with van der Waals surface area (Å²) in [6.45, 7) is 5.38. The zero-order valence-electron chi connectivity index (χ0n) is 20.7. The number of aryl methyl sites for hydroxylation is 1. The Bertz CT molecular complexity index is 969. The highest BCUT2D eigenvalue weighted by Crippen LogP contribution is 2.29. The summed E-state index contributed by atoms with van der Waals surface area (Å²) in [5, 5.41) is 15.6. The molecular formula is C27H34N2O7. The SMILES string of the molecule is CCOC(=O)N1CCN(C(CCc2ccccc2)c2ccc(OC)cc2)CC1.O=C(O)/C=C/C(=O)O. The molecule has 9 heteroatoms. The van der Waals surface area contributed by atoms with Crippen molar-refractivity contribution < 1.29 is 34.1 Å². The smallest absolute Gasteiger partial charge is 0.409 e. The predicted molar refractivity (Wildman–Crippen MR) is 135 cm³/mol. The number of benzene rings is 2. The number of amides is 1. The summed E-state index contributed by atoms with van der Waals surface area (Å²) < 4.78 is 10.5. The number of piperazine rings is 1. The molecule has 1 heterocycles. The Morgan fingerprint density at radius 2 is 1.50 bits per heavy atom. The van der Waals surface area contributed by atoms with Crippen LogP contribution >= 0.6 is 0 Å². The number of carboxylic acids is 2. The maximum atomic E-state index is 12.0. The second-order valence-corrected chi connectivity index (χ2v) is 8.04. The number of ether oxygens (including phenoxy) is 2. The number of carbonyl (C=O) groups is 3. The Labute approximate surface area is 211 Å². The van der Waals surface area contributed by atoms with Crippen LogP contribution in [0, 0.1) is 0 Å². The van der Waals surface area contributed by atoms with E-state index < -0.39 is 11.9 Å². The van der Waals surface area contributed by atoms with Crippen molar-refractivity contribution in [1.82, 2.24) is 9.80 Å². The van der Waals surface area contributed by atoms with E-state index in [0.29, 0.717) is 37.9 Å². The summed E-state index contributed by atoms with van der Waals surface area (Å²) in [6, 6.07) is 19.3. The van der Waals surface area contributed by atoms with Gasteiger partial charge in [-0.05, 0) is 43.0 Å². The Morgan fingerprint density at radius 3 is 2.00 bits per heavy atom. The highest BCUT2D eigenvalue weighted by Gasteiger charge is 2.27. The number of hydrogen-bond acceptors (Lipinski definition) is 6. The zero-order chi connectivity index (χ0) is 26.3. The number of hydrogen-bond donors (Lipinski definition) is 2. The molecule has 1 aliphatic heterocycles. The third kappa shape index (κ3) is 9.79. The summed E-state index contributed by atoms with van der Waals surface area (Å²) in [5.74, 6) is -1.64. The van der Waals surface area contributed by atoms with Gasteiger partial charge < -0.3 is 24.6 Å². The minimum absolute atomic E-state index is 0.201. The lowest BCUT2D eigenvalue weighted by Gasteiger charge is -2.39. The average molecular weight is 499 g/mol. The van der Waals surface area contributed by atoms with Crippen LogP contribution in [0.25, 0.3) is 0 Å². The number of rotatable bonds is 9. The Kier molecular flexibility index (Phi) is 12.0. The molecule has 194 valence electrons. The van der Waals surface area contributed by atoms with Crippen LogP contribution in [-0.4, -0.2) is 77.9 Å². The highest BCUT2D eigenvalue weighted by atomic mass is 16.6. The van der Waals surface area contributed by atoms with Crippen molar-refractivity contribution in [1.29, 1.82) is 0 Å². The quantitative estimate of drug-likeness (QED) is 0.501. The van der Waals surface area contributed by atoms with Gasteiger partial charge >= 0.3 is 18.0 Å². The largest absolute Gasteiger partial charge is 0.497 e. The molecular weight excluding hydrogens is 464 g/mol. The molecule has 1 atom stereocenters. The standard InChI is InChI=1S/C23H30N2O3.C4H4O4/c1-3-28-23(26)25-17-15-24(16-18-25)22(14-9-19-7-5-4-6-8-19)20-10-12-21(27-2)13-11-20;5-3(6)1-2-4(7)8/h4-8,10-13,22H,3,9,14-18H2,1-2H3;1-2H,(H,5,6)(H,7,8)/b;2-1+. The topological polar surface area (TPSA) is 117 Å². The molecule has 0 saturated carbocycles. The van der Waals surface area contributed by atoms with E-state index in [1.54, 1.807) is 7.11 Å². The lowest BCUT2D eigenvalue weighted by molar-refractivity contribution is -0.134. The van der Waals surface area contributed by atoms with Gasteiger partial charge in [0.1, 0.15) is 5.75 Å². The first-order chi connectivity index (χ1) is 17.3. The summed E-state index contributed by atoms with van der Waals surface area (Å²) in [6.07, 6.45) is 2.98. The number of carboxylic acid groups (broad SMARTS) is 2. The van der Waals surface area contributed by atoms with Gasteiger partial charge in [0.05, 0.1) is 13.7 Å². The predicted octanol–water partition coefficient (Wildman–Crippen LogP) is 3.86. The van der Waals surface area contributed by atoms with Crippen LogP contribution in [0.5, 0.6) is 5.75 Å². The van der Waals surface area contributed by atoms with Gasteiger partial charge in [0.25, 0.3) is 0 Å².